The molecule has 0 bridgehead atoms. The third-order valence-corrected chi connectivity index (χ3v) is 1.42. The van der Waals surface area contributed by atoms with Crippen LogP contribution in [0.5, 0.6) is 0 Å². The molecular formula is C5H11NO4. The molecule has 0 radical (unpaired) electrons. The van der Waals surface area contributed by atoms with Crippen LogP contribution in [-0.4, -0.2) is 33.9 Å². The minimum atomic E-state index is -0.883. The molecule has 10 heavy (non-hydrogen) atoms. The van der Waals surface area contributed by atoms with Gasteiger partial charge in [-0.2, -0.15) is 0 Å². The fourth-order valence-corrected chi connectivity index (χ4v) is 0.918. The maximum atomic E-state index is 10.2. The maximum Gasteiger partial charge on any atom is 0.320 e. The fourth-order valence-electron chi connectivity index (χ4n) is 0.918. The Morgan fingerprint density at radius 1 is 1.50 bits per heavy atom. The van der Waals surface area contributed by atoms with Gasteiger partial charge in [0.15, 0.2) is 0 Å². The highest BCUT2D eigenvalue weighted by Gasteiger charge is 2.26. The molecule has 1 aliphatic rings. The average molecular weight is 149 g/mol. The molecule has 0 aromatic heterocycles. The largest absolute Gasteiger partial charge is 0.480 e. The van der Waals surface area contributed by atoms with E-state index in [1.165, 1.54) is 0 Å². The summed E-state index contributed by atoms with van der Waals surface area (Å²) in [5, 5.41) is 19.6. The van der Waals surface area contributed by atoms with E-state index in [-0.39, 0.29) is 5.48 Å². The zero-order valence-electron chi connectivity index (χ0n) is 5.37. The van der Waals surface area contributed by atoms with Crippen molar-refractivity contribution < 1.29 is 20.5 Å². The van der Waals surface area contributed by atoms with Crippen molar-refractivity contribution >= 4 is 5.97 Å². The van der Waals surface area contributed by atoms with Crippen LogP contribution in [0.1, 0.15) is 12.8 Å². The predicted molar refractivity (Wildman–Crippen MR) is 33.4 cm³/mol. The number of hydrogen-bond acceptors (Lipinski definition) is 3. The van der Waals surface area contributed by atoms with Crippen LogP contribution >= 0.6 is 0 Å². The first-order valence-corrected chi connectivity index (χ1v) is 2.87. The van der Waals surface area contributed by atoms with Gasteiger partial charge in [-0.3, -0.25) is 10.1 Å². The average Bonchev–Trinajstić information content (AvgIpc) is 2.14. The van der Waals surface area contributed by atoms with Crippen molar-refractivity contribution in [1.82, 2.24) is 5.32 Å². The van der Waals surface area contributed by atoms with Gasteiger partial charge in [0.2, 0.25) is 0 Å². The molecule has 5 heteroatoms. The van der Waals surface area contributed by atoms with Crippen molar-refractivity contribution in [2.75, 3.05) is 0 Å². The summed E-state index contributed by atoms with van der Waals surface area (Å²) in [5.41, 5.74) is 0. The number of carboxylic acids is 1. The van der Waals surface area contributed by atoms with E-state index < -0.39 is 18.2 Å². The quantitative estimate of drug-likeness (QED) is 0.414. The first kappa shape index (κ1) is 9.35. The number of carboxylic acid groups (broad SMARTS) is 1. The number of aliphatic carboxylic acids is 1. The van der Waals surface area contributed by atoms with Crippen LogP contribution in [0, 0.1) is 0 Å². The monoisotopic (exact) mass is 149 g/mol. The van der Waals surface area contributed by atoms with Crippen LogP contribution in [0.3, 0.4) is 0 Å². The summed E-state index contributed by atoms with van der Waals surface area (Å²) in [6, 6.07) is -0.542. The highest BCUT2D eigenvalue weighted by Crippen LogP contribution is 2.09. The lowest BCUT2D eigenvalue weighted by atomic mass is 10.2. The highest BCUT2D eigenvalue weighted by atomic mass is 16.4. The lowest BCUT2D eigenvalue weighted by Crippen LogP contribution is -2.34. The lowest BCUT2D eigenvalue weighted by molar-refractivity contribution is -0.139. The Bertz CT molecular complexity index is 127. The van der Waals surface area contributed by atoms with E-state index in [4.69, 9.17) is 10.2 Å². The summed E-state index contributed by atoms with van der Waals surface area (Å²) in [6.07, 6.45) is 0.444. The first-order chi connectivity index (χ1) is 4.20. The molecule has 0 saturated carbocycles. The van der Waals surface area contributed by atoms with Gasteiger partial charge in [0, 0.05) is 0 Å². The molecule has 60 valence electrons. The van der Waals surface area contributed by atoms with Gasteiger partial charge >= 0.3 is 5.97 Å². The second-order valence-corrected chi connectivity index (χ2v) is 2.15. The SMILES string of the molecule is O.O=C(O)[C@@H]1CCC(O)N1. The molecule has 1 heterocycles. The van der Waals surface area contributed by atoms with Gasteiger partial charge in [-0.25, -0.2) is 0 Å². The molecule has 1 aliphatic heterocycles. The van der Waals surface area contributed by atoms with Crippen molar-refractivity contribution in [2.24, 2.45) is 0 Å². The number of hydrogen-bond donors (Lipinski definition) is 3. The minimum absolute atomic E-state index is 0. The molecular weight excluding hydrogens is 138 g/mol. The normalized spacial score (nSPS) is 31.3. The molecule has 0 aromatic rings. The maximum absolute atomic E-state index is 10.2. The summed E-state index contributed by atoms with van der Waals surface area (Å²) in [4.78, 5) is 10.2. The third-order valence-electron chi connectivity index (χ3n) is 1.42. The summed E-state index contributed by atoms with van der Waals surface area (Å²) in [6.45, 7) is 0. The molecule has 0 spiro atoms. The predicted octanol–water partition coefficient (Wildman–Crippen LogP) is -1.68. The van der Waals surface area contributed by atoms with E-state index in [9.17, 15) is 4.79 Å². The van der Waals surface area contributed by atoms with Gasteiger partial charge in [-0.15, -0.1) is 0 Å². The molecule has 1 rings (SSSR count). The Balaban J connectivity index is 0.000000810. The summed E-state index contributed by atoms with van der Waals surface area (Å²) in [5.74, 6) is -0.883. The summed E-state index contributed by atoms with van der Waals surface area (Å²) in [7, 11) is 0. The number of nitrogens with one attached hydrogen (secondary N) is 1. The van der Waals surface area contributed by atoms with Gasteiger partial charge in [0.1, 0.15) is 12.3 Å². The zero-order valence-corrected chi connectivity index (χ0v) is 5.37. The second-order valence-electron chi connectivity index (χ2n) is 2.15. The van der Waals surface area contributed by atoms with Crippen molar-refractivity contribution in [3.8, 4) is 0 Å². The molecule has 1 saturated heterocycles. The Hall–Kier alpha value is -0.650. The fraction of sp³-hybridized carbons (Fsp3) is 0.800. The van der Waals surface area contributed by atoms with E-state index in [0.29, 0.717) is 12.8 Å². The Kier molecular flexibility index (Phi) is 3.27. The van der Waals surface area contributed by atoms with E-state index in [1.54, 1.807) is 0 Å². The van der Waals surface area contributed by atoms with Crippen LogP contribution in [0.25, 0.3) is 0 Å². The van der Waals surface area contributed by atoms with Gasteiger partial charge in [-0.05, 0) is 12.8 Å². The molecule has 5 N–H and O–H groups in total. The first-order valence-electron chi connectivity index (χ1n) is 2.87. The number of aliphatic hydroxyl groups excluding tert-OH is 1. The standard InChI is InChI=1S/C5H9NO3.H2O/c7-4-2-1-3(6-4)5(8)9;/h3-4,6-7H,1-2H2,(H,8,9);1H2/t3-,4?;/m0./s1. The summed E-state index contributed by atoms with van der Waals surface area (Å²) < 4.78 is 0. The van der Waals surface area contributed by atoms with Gasteiger partial charge in [-0.1, -0.05) is 0 Å². The van der Waals surface area contributed by atoms with E-state index in [1.807, 2.05) is 0 Å². The van der Waals surface area contributed by atoms with E-state index in [2.05, 4.69) is 5.32 Å². The second kappa shape index (κ2) is 3.50. The minimum Gasteiger partial charge on any atom is -0.480 e. The molecule has 0 aromatic carbocycles. The Morgan fingerprint density at radius 3 is 2.30 bits per heavy atom. The molecule has 0 aliphatic carbocycles. The number of rotatable bonds is 1. The molecule has 2 atom stereocenters. The molecule has 1 fully saturated rings. The molecule has 5 nitrogen and oxygen atoms in total. The van der Waals surface area contributed by atoms with Crippen molar-refractivity contribution in [3.05, 3.63) is 0 Å². The van der Waals surface area contributed by atoms with Gasteiger partial charge < -0.3 is 15.7 Å². The Labute approximate surface area is 58.0 Å². The van der Waals surface area contributed by atoms with Crippen LogP contribution < -0.4 is 5.32 Å². The van der Waals surface area contributed by atoms with Crippen LogP contribution in [-0.2, 0) is 4.79 Å². The van der Waals surface area contributed by atoms with Crippen LogP contribution in [0.15, 0.2) is 0 Å². The van der Waals surface area contributed by atoms with E-state index in [0.717, 1.165) is 0 Å². The van der Waals surface area contributed by atoms with Gasteiger partial charge in [0.05, 0.1) is 0 Å². The Morgan fingerprint density at radius 2 is 2.10 bits per heavy atom. The third kappa shape index (κ3) is 1.94. The topological polar surface area (TPSA) is 101 Å². The van der Waals surface area contributed by atoms with Crippen molar-refractivity contribution in [3.63, 3.8) is 0 Å². The van der Waals surface area contributed by atoms with Crippen molar-refractivity contribution in [1.29, 1.82) is 0 Å². The van der Waals surface area contributed by atoms with Crippen LogP contribution in [0.2, 0.25) is 0 Å². The van der Waals surface area contributed by atoms with Crippen LogP contribution in [0.4, 0.5) is 0 Å². The molecule has 0 amide bonds. The van der Waals surface area contributed by atoms with Gasteiger partial charge in [0.25, 0.3) is 0 Å². The highest BCUT2D eigenvalue weighted by molar-refractivity contribution is 5.73. The number of carbonyl (C=O) groups is 1. The smallest absolute Gasteiger partial charge is 0.320 e. The zero-order chi connectivity index (χ0) is 6.85. The van der Waals surface area contributed by atoms with Crippen molar-refractivity contribution in [2.45, 2.75) is 25.1 Å². The lowest BCUT2D eigenvalue weighted by Gasteiger charge is -2.03. The number of aliphatic hydroxyl groups is 1. The van der Waals surface area contributed by atoms with E-state index >= 15 is 0 Å². The summed E-state index contributed by atoms with van der Waals surface area (Å²) >= 11 is 0. The molecule has 1 unspecified atom stereocenters.